The van der Waals surface area contributed by atoms with Crippen molar-refractivity contribution in [1.29, 1.82) is 0 Å². The van der Waals surface area contributed by atoms with Crippen LogP contribution in [-0.4, -0.2) is 12.0 Å². The second-order valence-electron chi connectivity index (χ2n) is 5.65. The maximum absolute atomic E-state index is 12.5. The van der Waals surface area contributed by atoms with Crippen molar-refractivity contribution < 1.29 is 4.79 Å². The van der Waals surface area contributed by atoms with Crippen LogP contribution < -0.4 is 0 Å². The number of fused-ring (bicyclic) bond motifs is 3. The Hall–Kier alpha value is -3.26. The summed E-state index contributed by atoms with van der Waals surface area (Å²) in [5, 5.41) is 0. The minimum atomic E-state index is 0.0810. The van der Waals surface area contributed by atoms with Crippen LogP contribution >= 0.6 is 0 Å². The van der Waals surface area contributed by atoms with Gasteiger partial charge in [0.1, 0.15) is 0 Å². The fourth-order valence-corrected chi connectivity index (χ4v) is 2.94. The molecule has 1 aliphatic carbocycles. The average molecular weight is 309 g/mol. The van der Waals surface area contributed by atoms with Crippen molar-refractivity contribution in [1.82, 2.24) is 0 Å². The van der Waals surface area contributed by atoms with Gasteiger partial charge in [-0.15, -0.1) is 0 Å². The lowest BCUT2D eigenvalue weighted by molar-refractivity contribution is 0.104. The first-order valence-corrected chi connectivity index (χ1v) is 7.87. The van der Waals surface area contributed by atoms with Gasteiger partial charge in [0.15, 0.2) is 5.78 Å². The third-order valence-electron chi connectivity index (χ3n) is 4.11. The summed E-state index contributed by atoms with van der Waals surface area (Å²) in [6.45, 7) is 0. The van der Waals surface area contributed by atoms with Crippen LogP contribution in [0.5, 0.6) is 0 Å². The van der Waals surface area contributed by atoms with Crippen molar-refractivity contribution in [3.63, 3.8) is 0 Å². The van der Waals surface area contributed by atoms with Crippen LogP contribution in [0.1, 0.15) is 21.5 Å². The van der Waals surface area contributed by atoms with E-state index in [0.29, 0.717) is 0 Å². The summed E-state index contributed by atoms with van der Waals surface area (Å²) in [6.07, 6.45) is 5.65. The molecule has 0 saturated heterocycles. The molecule has 4 rings (SSSR count). The van der Waals surface area contributed by atoms with Crippen molar-refractivity contribution in [3.8, 4) is 11.1 Å². The Morgan fingerprint density at radius 3 is 2.25 bits per heavy atom. The molecule has 0 saturated carbocycles. The normalized spacial score (nSPS) is 12.8. The minimum Gasteiger partial charge on any atom is -0.289 e. The quantitative estimate of drug-likeness (QED) is 0.471. The Balaban J connectivity index is 1.58. The maximum atomic E-state index is 12.5. The zero-order valence-corrected chi connectivity index (χ0v) is 13.0. The summed E-state index contributed by atoms with van der Waals surface area (Å²) in [5.74, 6) is 0.0810. The number of benzene rings is 3. The van der Waals surface area contributed by atoms with Crippen LogP contribution in [0, 0.1) is 0 Å². The van der Waals surface area contributed by atoms with E-state index in [1.165, 1.54) is 0 Å². The lowest BCUT2D eigenvalue weighted by atomic mass is 10.1. The van der Waals surface area contributed by atoms with Crippen LogP contribution in [0.3, 0.4) is 0 Å². The van der Waals surface area contributed by atoms with Gasteiger partial charge >= 0.3 is 0 Å². The molecule has 0 spiro atoms. The highest BCUT2D eigenvalue weighted by Crippen LogP contribution is 2.37. The van der Waals surface area contributed by atoms with Crippen LogP contribution in [0.15, 0.2) is 83.9 Å². The van der Waals surface area contributed by atoms with Gasteiger partial charge in [-0.2, -0.15) is 0 Å². The number of hydrogen-bond acceptors (Lipinski definition) is 2. The lowest BCUT2D eigenvalue weighted by Crippen LogP contribution is -1.94. The zero-order valence-electron chi connectivity index (χ0n) is 13.0. The summed E-state index contributed by atoms with van der Waals surface area (Å²) in [5.41, 5.74) is 5.43. The standard InChI is InChI=1S/C22H15NO/c24-22-20-11-5-4-10-18(20)19-13-12-17(15-21(19)22)23-14-6-9-16-7-2-1-3-8-16/h1-15H/b9-6+,23-14?. The van der Waals surface area contributed by atoms with Crippen LogP contribution in [-0.2, 0) is 0 Å². The first kappa shape index (κ1) is 14.3. The molecule has 0 heterocycles. The molecule has 0 unspecified atom stereocenters. The van der Waals surface area contributed by atoms with E-state index in [-0.39, 0.29) is 5.78 Å². The molecule has 0 atom stereocenters. The largest absolute Gasteiger partial charge is 0.289 e. The van der Waals surface area contributed by atoms with Crippen molar-refractivity contribution >= 4 is 23.8 Å². The Bertz CT molecular complexity index is 968. The molecule has 0 radical (unpaired) electrons. The number of aliphatic imine (C=N–C) groups is 1. The van der Waals surface area contributed by atoms with Crippen LogP contribution in [0.25, 0.3) is 17.2 Å². The number of ketones is 1. The van der Waals surface area contributed by atoms with Crippen LogP contribution in [0.2, 0.25) is 0 Å². The Labute approximate surface area is 140 Å². The zero-order chi connectivity index (χ0) is 16.4. The van der Waals surface area contributed by atoms with Gasteiger partial charge in [0.25, 0.3) is 0 Å². The lowest BCUT2D eigenvalue weighted by Gasteiger charge is -2.00. The summed E-state index contributed by atoms with van der Waals surface area (Å²) >= 11 is 0. The van der Waals surface area contributed by atoms with E-state index in [4.69, 9.17) is 0 Å². The minimum absolute atomic E-state index is 0.0810. The number of rotatable bonds is 3. The number of nitrogens with zero attached hydrogens (tertiary/aromatic N) is 1. The highest BCUT2D eigenvalue weighted by molar-refractivity contribution is 6.22. The van der Waals surface area contributed by atoms with E-state index in [1.807, 2.05) is 84.9 Å². The Morgan fingerprint density at radius 1 is 0.708 bits per heavy atom. The molecule has 0 bridgehead atoms. The predicted molar refractivity (Wildman–Crippen MR) is 98.9 cm³/mol. The van der Waals surface area contributed by atoms with E-state index in [2.05, 4.69) is 4.99 Å². The van der Waals surface area contributed by atoms with E-state index in [1.54, 1.807) is 6.21 Å². The topological polar surface area (TPSA) is 29.4 Å². The van der Waals surface area contributed by atoms with Crippen molar-refractivity contribution in [2.24, 2.45) is 4.99 Å². The van der Waals surface area contributed by atoms with E-state index in [0.717, 1.165) is 33.5 Å². The van der Waals surface area contributed by atoms with Gasteiger partial charge in [-0.25, -0.2) is 0 Å². The Kier molecular flexibility index (Phi) is 3.64. The number of hydrogen-bond donors (Lipinski definition) is 0. The highest BCUT2D eigenvalue weighted by Gasteiger charge is 2.25. The maximum Gasteiger partial charge on any atom is 0.194 e. The van der Waals surface area contributed by atoms with Gasteiger partial charge in [-0.3, -0.25) is 9.79 Å². The van der Waals surface area contributed by atoms with Gasteiger partial charge in [0.05, 0.1) is 5.69 Å². The smallest absolute Gasteiger partial charge is 0.194 e. The molecular weight excluding hydrogens is 294 g/mol. The summed E-state index contributed by atoms with van der Waals surface area (Å²) in [6, 6.07) is 23.6. The molecule has 0 amide bonds. The molecule has 24 heavy (non-hydrogen) atoms. The third-order valence-corrected chi connectivity index (χ3v) is 4.11. The monoisotopic (exact) mass is 309 g/mol. The van der Waals surface area contributed by atoms with Crippen molar-refractivity contribution in [2.45, 2.75) is 0 Å². The Morgan fingerprint density at radius 2 is 1.42 bits per heavy atom. The fourth-order valence-electron chi connectivity index (χ4n) is 2.94. The van der Waals surface area contributed by atoms with E-state index < -0.39 is 0 Å². The molecule has 2 nitrogen and oxygen atoms in total. The molecule has 0 aromatic heterocycles. The molecule has 0 aliphatic heterocycles. The van der Waals surface area contributed by atoms with Gasteiger partial charge in [0.2, 0.25) is 0 Å². The van der Waals surface area contributed by atoms with Gasteiger partial charge in [-0.05, 0) is 34.9 Å². The van der Waals surface area contributed by atoms with E-state index >= 15 is 0 Å². The number of allylic oxidation sites excluding steroid dienone is 1. The molecular formula is C22H15NO. The molecule has 1 aliphatic rings. The molecule has 3 aromatic rings. The first-order chi connectivity index (χ1) is 11.8. The summed E-state index contributed by atoms with van der Waals surface area (Å²) in [4.78, 5) is 16.9. The third kappa shape index (κ3) is 2.59. The summed E-state index contributed by atoms with van der Waals surface area (Å²) < 4.78 is 0. The molecule has 2 heteroatoms. The molecule has 0 N–H and O–H groups in total. The van der Waals surface area contributed by atoms with Crippen molar-refractivity contribution in [2.75, 3.05) is 0 Å². The molecule has 114 valence electrons. The molecule has 0 fully saturated rings. The van der Waals surface area contributed by atoms with Gasteiger partial charge < -0.3 is 0 Å². The fraction of sp³-hybridized carbons (Fsp3) is 0. The second kappa shape index (κ2) is 6.09. The summed E-state index contributed by atoms with van der Waals surface area (Å²) in [7, 11) is 0. The SMILES string of the molecule is O=C1c2ccccc2-c2ccc(N=C/C=C/c3ccccc3)cc21. The number of carbonyl (C=O) groups excluding carboxylic acids is 1. The highest BCUT2D eigenvalue weighted by atomic mass is 16.1. The number of carbonyl (C=O) groups is 1. The van der Waals surface area contributed by atoms with Crippen molar-refractivity contribution in [3.05, 3.63) is 95.6 Å². The van der Waals surface area contributed by atoms with Gasteiger partial charge in [0, 0.05) is 17.3 Å². The van der Waals surface area contributed by atoms with E-state index in [9.17, 15) is 4.79 Å². The molecule has 3 aromatic carbocycles. The van der Waals surface area contributed by atoms with Gasteiger partial charge in [-0.1, -0.05) is 66.7 Å². The first-order valence-electron chi connectivity index (χ1n) is 7.87. The second-order valence-corrected chi connectivity index (χ2v) is 5.65. The predicted octanol–water partition coefficient (Wildman–Crippen LogP) is 5.31. The average Bonchev–Trinajstić information content (AvgIpc) is 2.92. The van der Waals surface area contributed by atoms with Crippen LogP contribution in [0.4, 0.5) is 5.69 Å².